The Morgan fingerprint density at radius 1 is 1.46 bits per heavy atom. The van der Waals surface area contributed by atoms with Crippen LogP contribution in [-0.2, 0) is 6.42 Å². The molecule has 24 heavy (non-hydrogen) atoms. The van der Waals surface area contributed by atoms with E-state index in [2.05, 4.69) is 26.8 Å². The minimum absolute atomic E-state index is 0.0412. The van der Waals surface area contributed by atoms with Gasteiger partial charge < -0.3 is 9.42 Å². The predicted molar refractivity (Wildman–Crippen MR) is 90.0 cm³/mol. The van der Waals surface area contributed by atoms with Gasteiger partial charge in [-0.3, -0.25) is 5.32 Å². The Kier molecular flexibility index (Phi) is 4.22. The van der Waals surface area contributed by atoms with Crippen LogP contribution in [0.15, 0.2) is 16.8 Å². The molecule has 2 fully saturated rings. The summed E-state index contributed by atoms with van der Waals surface area (Å²) >= 11 is 1.29. The molecule has 0 spiro atoms. The Hall–Kier alpha value is -1.96. The van der Waals surface area contributed by atoms with Gasteiger partial charge in [0.15, 0.2) is 5.82 Å². The molecule has 1 N–H and O–H groups in total. The number of hydrogen-bond donors (Lipinski definition) is 1. The number of rotatable bonds is 4. The molecule has 0 aromatic carbocycles. The molecule has 2 unspecified atom stereocenters. The van der Waals surface area contributed by atoms with Crippen molar-refractivity contribution in [3.63, 3.8) is 0 Å². The van der Waals surface area contributed by atoms with E-state index in [9.17, 15) is 4.79 Å². The fourth-order valence-corrected chi connectivity index (χ4v) is 3.73. The first-order chi connectivity index (χ1) is 11.7. The van der Waals surface area contributed by atoms with Gasteiger partial charge >= 0.3 is 6.03 Å². The molecule has 0 bridgehead atoms. The van der Waals surface area contributed by atoms with Gasteiger partial charge in [0.1, 0.15) is 5.00 Å². The quantitative estimate of drug-likeness (QED) is 0.918. The van der Waals surface area contributed by atoms with E-state index in [4.69, 9.17) is 4.52 Å². The van der Waals surface area contributed by atoms with Gasteiger partial charge in [0, 0.05) is 31.6 Å². The Morgan fingerprint density at radius 3 is 2.92 bits per heavy atom. The van der Waals surface area contributed by atoms with Crippen molar-refractivity contribution in [3.8, 4) is 0 Å². The van der Waals surface area contributed by atoms with E-state index in [0.29, 0.717) is 17.8 Å². The first-order valence-electron chi connectivity index (χ1n) is 8.48. The first-order valence-corrected chi connectivity index (χ1v) is 9.25. The maximum absolute atomic E-state index is 12.2. The van der Waals surface area contributed by atoms with Gasteiger partial charge in [0.2, 0.25) is 5.89 Å². The summed E-state index contributed by atoms with van der Waals surface area (Å²) in [7, 11) is 0. The van der Waals surface area contributed by atoms with Crippen molar-refractivity contribution < 1.29 is 9.32 Å². The molecule has 2 aliphatic rings. The summed E-state index contributed by atoms with van der Waals surface area (Å²) in [4.78, 5) is 18.6. The fourth-order valence-electron chi connectivity index (χ4n) is 3.24. The van der Waals surface area contributed by atoms with Crippen LogP contribution in [0, 0.1) is 11.8 Å². The van der Waals surface area contributed by atoms with Crippen molar-refractivity contribution in [2.45, 2.75) is 38.5 Å². The number of hydrogen-bond acceptors (Lipinski definition) is 6. The Labute approximate surface area is 144 Å². The summed E-state index contributed by atoms with van der Waals surface area (Å²) in [5, 5.41) is 7.79. The van der Waals surface area contributed by atoms with E-state index < -0.39 is 0 Å². The van der Waals surface area contributed by atoms with Crippen LogP contribution < -0.4 is 5.32 Å². The normalized spacial score (nSPS) is 24.1. The topological polar surface area (TPSA) is 84.2 Å². The molecule has 7 nitrogen and oxygen atoms in total. The number of nitrogens with one attached hydrogen (secondary N) is 1. The number of urea groups is 1. The van der Waals surface area contributed by atoms with Crippen LogP contribution in [0.2, 0.25) is 0 Å². The van der Waals surface area contributed by atoms with Crippen molar-refractivity contribution in [3.05, 3.63) is 24.0 Å². The highest BCUT2D eigenvalue weighted by molar-refractivity contribution is 7.10. The van der Waals surface area contributed by atoms with Gasteiger partial charge in [-0.25, -0.2) is 4.79 Å². The smallest absolute Gasteiger partial charge is 0.322 e. The summed E-state index contributed by atoms with van der Waals surface area (Å²) in [6.07, 6.45) is 5.61. The zero-order chi connectivity index (χ0) is 16.5. The molecule has 2 atom stereocenters. The molecule has 1 aliphatic carbocycles. The van der Waals surface area contributed by atoms with Gasteiger partial charge in [0.25, 0.3) is 0 Å². The van der Waals surface area contributed by atoms with Gasteiger partial charge in [-0.2, -0.15) is 9.36 Å². The number of amides is 2. The number of piperidine rings is 1. The van der Waals surface area contributed by atoms with E-state index in [1.807, 2.05) is 11.0 Å². The number of nitrogens with zero attached hydrogens (tertiary/aromatic N) is 4. The predicted octanol–water partition coefficient (Wildman–Crippen LogP) is 3.14. The van der Waals surface area contributed by atoms with Crippen LogP contribution in [0.5, 0.6) is 0 Å². The van der Waals surface area contributed by atoms with Crippen LogP contribution >= 0.6 is 11.5 Å². The molecular formula is C16H21N5O2S. The maximum atomic E-state index is 12.2. The largest absolute Gasteiger partial charge is 0.339 e. The molecule has 128 valence electrons. The van der Waals surface area contributed by atoms with E-state index in [-0.39, 0.29) is 6.03 Å². The van der Waals surface area contributed by atoms with Gasteiger partial charge in [-0.15, -0.1) is 0 Å². The molecule has 2 aromatic rings. The molecule has 8 heteroatoms. The van der Waals surface area contributed by atoms with E-state index in [0.717, 1.165) is 49.1 Å². The molecule has 2 aromatic heterocycles. The maximum Gasteiger partial charge on any atom is 0.322 e. The van der Waals surface area contributed by atoms with Crippen LogP contribution in [0.3, 0.4) is 0 Å². The Morgan fingerprint density at radius 2 is 2.25 bits per heavy atom. The molecule has 1 saturated carbocycles. The summed E-state index contributed by atoms with van der Waals surface area (Å²) in [5.41, 5.74) is 0. The third-order valence-electron chi connectivity index (χ3n) is 4.96. The van der Waals surface area contributed by atoms with E-state index >= 15 is 0 Å². The average molecular weight is 347 g/mol. The van der Waals surface area contributed by atoms with Crippen molar-refractivity contribution in [2.75, 3.05) is 18.4 Å². The van der Waals surface area contributed by atoms with Gasteiger partial charge in [0.05, 0.1) is 0 Å². The standard InChI is InChI=1S/C16H21N5O2S/c1-10-8-12(10)15-18-13(23-20-15)9-11-3-6-21(7-4-11)16(22)19-14-2-5-17-24-14/h2,5,10-12H,3-4,6-9H2,1H3,(H,19,22). The lowest BCUT2D eigenvalue weighted by Crippen LogP contribution is -2.41. The fraction of sp³-hybridized carbons (Fsp3) is 0.625. The van der Waals surface area contributed by atoms with Crippen molar-refractivity contribution in [1.29, 1.82) is 0 Å². The second kappa shape index (κ2) is 6.51. The first kappa shape index (κ1) is 15.6. The van der Waals surface area contributed by atoms with Gasteiger partial charge in [-0.1, -0.05) is 12.1 Å². The van der Waals surface area contributed by atoms with E-state index in [1.165, 1.54) is 18.0 Å². The lowest BCUT2D eigenvalue weighted by molar-refractivity contribution is 0.179. The van der Waals surface area contributed by atoms with Crippen LogP contribution in [0.4, 0.5) is 9.80 Å². The molecular weight excluding hydrogens is 326 g/mol. The summed E-state index contributed by atoms with van der Waals surface area (Å²) in [6, 6.07) is 1.77. The monoisotopic (exact) mass is 347 g/mol. The molecule has 0 radical (unpaired) electrons. The van der Waals surface area contributed by atoms with Crippen LogP contribution in [0.25, 0.3) is 0 Å². The molecule has 2 amide bonds. The lowest BCUT2D eigenvalue weighted by Gasteiger charge is -2.31. The molecule has 1 saturated heterocycles. The minimum atomic E-state index is -0.0412. The molecule has 1 aliphatic heterocycles. The number of anilines is 1. The second-order valence-corrected chi connectivity index (χ2v) is 7.64. The number of likely N-dealkylation sites (tertiary alicyclic amines) is 1. The highest BCUT2D eigenvalue weighted by Crippen LogP contribution is 2.45. The summed E-state index contributed by atoms with van der Waals surface area (Å²) in [5.74, 6) is 3.31. The lowest BCUT2D eigenvalue weighted by atomic mass is 9.94. The van der Waals surface area contributed by atoms with Gasteiger partial charge in [-0.05, 0) is 48.7 Å². The third-order valence-corrected chi connectivity index (χ3v) is 5.62. The Balaban J connectivity index is 1.25. The molecule has 3 heterocycles. The SMILES string of the molecule is CC1CC1c1noc(CC2CCN(C(=O)Nc3ccns3)CC2)n1. The number of carbonyl (C=O) groups is 1. The van der Waals surface area contributed by atoms with Crippen molar-refractivity contribution in [2.24, 2.45) is 11.8 Å². The second-order valence-electron chi connectivity index (χ2n) is 6.81. The molecule has 4 rings (SSSR count). The summed E-state index contributed by atoms with van der Waals surface area (Å²) < 4.78 is 9.39. The van der Waals surface area contributed by atoms with E-state index in [1.54, 1.807) is 6.20 Å². The summed E-state index contributed by atoms with van der Waals surface area (Å²) in [6.45, 7) is 3.74. The number of carbonyl (C=O) groups excluding carboxylic acids is 1. The van der Waals surface area contributed by atoms with Crippen molar-refractivity contribution in [1.82, 2.24) is 19.4 Å². The van der Waals surface area contributed by atoms with Crippen LogP contribution in [0.1, 0.15) is 43.8 Å². The highest BCUT2D eigenvalue weighted by Gasteiger charge is 2.38. The third kappa shape index (κ3) is 3.43. The highest BCUT2D eigenvalue weighted by atomic mass is 32.1. The Bertz CT molecular complexity index is 693. The average Bonchev–Trinajstić information content (AvgIpc) is 2.97. The van der Waals surface area contributed by atoms with Crippen molar-refractivity contribution >= 4 is 22.6 Å². The number of aromatic nitrogens is 3. The minimum Gasteiger partial charge on any atom is -0.339 e. The van der Waals surface area contributed by atoms with Crippen LogP contribution in [-0.4, -0.2) is 38.5 Å². The zero-order valence-corrected chi connectivity index (χ0v) is 14.5. The zero-order valence-electron chi connectivity index (χ0n) is 13.6.